The minimum Gasteiger partial charge on any atom is -0.508 e. The number of aryl methyl sites for hydroxylation is 4. The van der Waals surface area contributed by atoms with E-state index in [1.54, 1.807) is 0 Å². The summed E-state index contributed by atoms with van der Waals surface area (Å²) in [6.45, 7) is 0. The molecule has 4 bridgehead atoms. The Morgan fingerprint density at radius 1 is 0.522 bits per heavy atom. The van der Waals surface area contributed by atoms with Gasteiger partial charge in [0.1, 0.15) is 11.5 Å². The van der Waals surface area contributed by atoms with E-state index >= 15 is 0 Å². The summed E-state index contributed by atoms with van der Waals surface area (Å²) in [7, 11) is 0. The van der Waals surface area contributed by atoms with Gasteiger partial charge in [0.25, 0.3) is 0 Å². The van der Waals surface area contributed by atoms with Crippen LogP contribution in [0.4, 0.5) is 0 Å². The standard InChI is InChI=1S/C21H26O2/c22-20-12-10-16-6-2-1-3-7-17-11-13-21(23)19(15-17)9-5-4-8-18(20)14-16/h10-15,22-23H,1-9H2. The van der Waals surface area contributed by atoms with Crippen LogP contribution in [0.1, 0.15) is 54.4 Å². The maximum absolute atomic E-state index is 10.0. The van der Waals surface area contributed by atoms with E-state index in [1.807, 2.05) is 12.1 Å². The number of phenols is 2. The maximum Gasteiger partial charge on any atom is 0.118 e. The summed E-state index contributed by atoms with van der Waals surface area (Å²) in [6, 6.07) is 12.1. The summed E-state index contributed by atoms with van der Waals surface area (Å²) in [5.41, 5.74) is 4.81. The summed E-state index contributed by atoms with van der Waals surface area (Å²) >= 11 is 0. The van der Waals surface area contributed by atoms with Gasteiger partial charge in [-0.1, -0.05) is 30.7 Å². The lowest BCUT2D eigenvalue weighted by Gasteiger charge is -2.09. The van der Waals surface area contributed by atoms with E-state index in [1.165, 1.54) is 30.4 Å². The Labute approximate surface area is 138 Å². The van der Waals surface area contributed by atoms with Gasteiger partial charge in [-0.3, -0.25) is 0 Å². The highest BCUT2D eigenvalue weighted by atomic mass is 16.3. The normalized spacial score (nSPS) is 16.3. The van der Waals surface area contributed by atoms with Gasteiger partial charge >= 0.3 is 0 Å². The van der Waals surface area contributed by atoms with Crippen molar-refractivity contribution in [2.75, 3.05) is 0 Å². The average Bonchev–Trinajstić information content (AvgIpc) is 2.55. The molecule has 0 saturated carbocycles. The van der Waals surface area contributed by atoms with Crippen LogP contribution < -0.4 is 0 Å². The number of fused-ring (bicyclic) bond motifs is 4. The number of benzene rings is 2. The molecule has 0 heterocycles. The summed E-state index contributed by atoms with van der Waals surface area (Å²) in [6.07, 6.45) is 9.64. The second-order valence-corrected chi connectivity index (χ2v) is 6.69. The largest absolute Gasteiger partial charge is 0.508 e. The molecule has 2 nitrogen and oxygen atoms in total. The molecule has 122 valence electrons. The Kier molecular flexibility index (Phi) is 5.22. The highest BCUT2D eigenvalue weighted by Crippen LogP contribution is 2.25. The summed E-state index contributed by atoms with van der Waals surface area (Å²) in [5, 5.41) is 20.1. The molecule has 0 aromatic heterocycles. The molecule has 0 saturated heterocycles. The molecule has 0 unspecified atom stereocenters. The monoisotopic (exact) mass is 310 g/mol. The molecule has 1 aliphatic carbocycles. The lowest BCUT2D eigenvalue weighted by Crippen LogP contribution is -1.93. The first-order valence-corrected chi connectivity index (χ1v) is 8.84. The molecule has 0 amide bonds. The van der Waals surface area contributed by atoms with E-state index in [9.17, 15) is 10.2 Å². The van der Waals surface area contributed by atoms with Crippen LogP contribution in [-0.4, -0.2) is 10.2 Å². The number of hydrogen-bond donors (Lipinski definition) is 2. The van der Waals surface area contributed by atoms with Crippen LogP contribution in [0.3, 0.4) is 0 Å². The molecule has 2 N–H and O–H groups in total. The number of aromatic hydroxyl groups is 2. The average molecular weight is 310 g/mol. The Hall–Kier alpha value is -1.96. The minimum atomic E-state index is 0.419. The smallest absolute Gasteiger partial charge is 0.118 e. The molecule has 0 atom stereocenters. The SMILES string of the molecule is Oc1ccc2cc1CCCCc1cc(ccc1O)CCCCC2. The van der Waals surface area contributed by atoms with Crippen LogP contribution in [0, 0.1) is 0 Å². The van der Waals surface area contributed by atoms with Crippen molar-refractivity contribution < 1.29 is 10.2 Å². The van der Waals surface area contributed by atoms with Crippen LogP contribution in [0.15, 0.2) is 36.4 Å². The lowest BCUT2D eigenvalue weighted by atomic mass is 9.99. The molecule has 23 heavy (non-hydrogen) atoms. The predicted octanol–water partition coefficient (Wildman–Crippen LogP) is 4.93. The fourth-order valence-corrected chi connectivity index (χ4v) is 3.46. The molecule has 2 heteroatoms. The Balaban J connectivity index is 1.76. The second kappa shape index (κ2) is 7.54. The Morgan fingerprint density at radius 2 is 0.957 bits per heavy atom. The van der Waals surface area contributed by atoms with Crippen LogP contribution in [0.25, 0.3) is 0 Å². The van der Waals surface area contributed by atoms with E-state index in [0.29, 0.717) is 11.5 Å². The van der Waals surface area contributed by atoms with Crippen molar-refractivity contribution in [3.63, 3.8) is 0 Å². The van der Waals surface area contributed by atoms with Gasteiger partial charge in [-0.25, -0.2) is 0 Å². The Morgan fingerprint density at radius 3 is 1.43 bits per heavy atom. The third-order valence-electron chi connectivity index (χ3n) is 4.86. The van der Waals surface area contributed by atoms with Gasteiger partial charge in [-0.05, 0) is 85.8 Å². The molecule has 2 aromatic carbocycles. The van der Waals surface area contributed by atoms with Gasteiger partial charge in [-0.15, -0.1) is 0 Å². The zero-order chi connectivity index (χ0) is 16.1. The third-order valence-corrected chi connectivity index (χ3v) is 4.86. The van der Waals surface area contributed by atoms with E-state index in [2.05, 4.69) is 24.3 Å². The van der Waals surface area contributed by atoms with Crippen molar-refractivity contribution in [1.82, 2.24) is 0 Å². The van der Waals surface area contributed by atoms with Crippen LogP contribution >= 0.6 is 0 Å². The van der Waals surface area contributed by atoms with Gasteiger partial charge in [0.2, 0.25) is 0 Å². The van der Waals surface area contributed by atoms with Crippen molar-refractivity contribution in [2.24, 2.45) is 0 Å². The topological polar surface area (TPSA) is 40.5 Å². The van der Waals surface area contributed by atoms with Gasteiger partial charge in [0.15, 0.2) is 0 Å². The van der Waals surface area contributed by atoms with Crippen LogP contribution in [0.2, 0.25) is 0 Å². The van der Waals surface area contributed by atoms with Gasteiger partial charge in [0, 0.05) is 0 Å². The number of phenolic OH excluding ortho intramolecular Hbond substituents is 2. The molecule has 0 radical (unpaired) electrons. The summed E-state index contributed by atoms with van der Waals surface area (Å²) in [4.78, 5) is 0. The first-order valence-electron chi connectivity index (χ1n) is 8.84. The minimum absolute atomic E-state index is 0.419. The first kappa shape index (κ1) is 15.9. The van der Waals surface area contributed by atoms with Gasteiger partial charge < -0.3 is 10.2 Å². The fourth-order valence-electron chi connectivity index (χ4n) is 3.46. The maximum atomic E-state index is 10.0. The molecular formula is C21H26O2. The van der Waals surface area contributed by atoms with Crippen LogP contribution in [0.5, 0.6) is 11.5 Å². The second-order valence-electron chi connectivity index (χ2n) is 6.69. The van der Waals surface area contributed by atoms with Gasteiger partial charge in [-0.2, -0.15) is 0 Å². The molecular weight excluding hydrogens is 284 g/mol. The highest BCUT2D eigenvalue weighted by molar-refractivity contribution is 5.37. The molecule has 2 aromatic rings. The lowest BCUT2D eigenvalue weighted by molar-refractivity contribution is 0.462. The van der Waals surface area contributed by atoms with Crippen molar-refractivity contribution in [3.05, 3.63) is 58.7 Å². The van der Waals surface area contributed by atoms with E-state index in [-0.39, 0.29) is 0 Å². The number of rotatable bonds is 0. The molecule has 0 fully saturated rings. The first-order chi connectivity index (χ1) is 11.2. The molecule has 0 spiro atoms. The summed E-state index contributed by atoms with van der Waals surface area (Å²) < 4.78 is 0. The van der Waals surface area contributed by atoms with E-state index in [4.69, 9.17) is 0 Å². The fraction of sp³-hybridized carbons (Fsp3) is 0.429. The zero-order valence-corrected chi connectivity index (χ0v) is 13.7. The Bertz CT molecular complexity index is 603. The quantitative estimate of drug-likeness (QED) is 0.724. The summed E-state index contributed by atoms with van der Waals surface area (Å²) in [5.74, 6) is 0.839. The molecule has 3 rings (SSSR count). The van der Waals surface area contributed by atoms with Crippen molar-refractivity contribution in [1.29, 1.82) is 0 Å². The number of hydrogen-bond acceptors (Lipinski definition) is 2. The van der Waals surface area contributed by atoms with Crippen LogP contribution in [-0.2, 0) is 25.7 Å². The zero-order valence-electron chi connectivity index (χ0n) is 13.7. The van der Waals surface area contributed by atoms with Gasteiger partial charge in [0.05, 0.1) is 0 Å². The highest BCUT2D eigenvalue weighted by Gasteiger charge is 2.07. The van der Waals surface area contributed by atoms with E-state index < -0.39 is 0 Å². The molecule has 0 aliphatic heterocycles. The van der Waals surface area contributed by atoms with Crippen molar-refractivity contribution >= 4 is 0 Å². The third kappa shape index (κ3) is 4.28. The van der Waals surface area contributed by atoms with Crippen molar-refractivity contribution in [3.8, 4) is 11.5 Å². The predicted molar refractivity (Wildman–Crippen MR) is 94.1 cm³/mol. The molecule has 1 aliphatic rings. The van der Waals surface area contributed by atoms with Crippen molar-refractivity contribution in [2.45, 2.75) is 57.8 Å². The van der Waals surface area contributed by atoms with E-state index in [0.717, 1.165) is 49.7 Å².